The number of nitrogens with zero attached hydrogens (tertiary/aromatic N) is 7. The first kappa shape index (κ1) is 37.5. The van der Waals surface area contributed by atoms with Crippen molar-refractivity contribution in [2.45, 2.75) is 95.2 Å². The fourth-order valence-electron chi connectivity index (χ4n) is 8.03. The minimum absolute atomic E-state index is 0.0238. The maximum Gasteiger partial charge on any atom is 0.416 e. The van der Waals surface area contributed by atoms with Gasteiger partial charge in [-0.05, 0) is 57.7 Å². The van der Waals surface area contributed by atoms with E-state index in [0.29, 0.717) is 67.8 Å². The number of alkyl halides is 4. The largest absolute Gasteiger partial charge is 0.467 e. The van der Waals surface area contributed by atoms with Gasteiger partial charge < -0.3 is 30.1 Å². The number of aliphatic hydroxyl groups is 1. The third-order valence-corrected chi connectivity index (χ3v) is 11.1. The molecule has 3 saturated heterocycles. The number of rotatable bonds is 4. The molecule has 0 bridgehead atoms. The van der Waals surface area contributed by atoms with Gasteiger partial charge in [-0.25, -0.2) is 8.78 Å². The van der Waals surface area contributed by atoms with Gasteiger partial charge in [0, 0.05) is 56.3 Å². The highest BCUT2D eigenvalue weighted by molar-refractivity contribution is 6.34. The first-order chi connectivity index (χ1) is 25.1. The Balaban J connectivity index is 0.000000418. The Labute approximate surface area is 308 Å². The molecule has 0 radical (unpaired) electrons. The molecule has 0 spiro atoms. The molecular weight excluding hydrogens is 727 g/mol. The summed E-state index contributed by atoms with van der Waals surface area (Å²) in [5.74, 6) is -1.14. The highest BCUT2D eigenvalue weighted by Gasteiger charge is 2.41. The van der Waals surface area contributed by atoms with Crippen molar-refractivity contribution in [1.29, 1.82) is 0 Å². The van der Waals surface area contributed by atoms with Crippen LogP contribution in [0.2, 0.25) is 5.02 Å². The fourth-order valence-corrected chi connectivity index (χ4v) is 8.31. The van der Waals surface area contributed by atoms with E-state index in [0.717, 1.165) is 25.1 Å². The van der Waals surface area contributed by atoms with Crippen molar-refractivity contribution in [3.8, 4) is 6.01 Å². The van der Waals surface area contributed by atoms with Crippen LogP contribution in [0.3, 0.4) is 0 Å². The minimum atomic E-state index is -4.83. The van der Waals surface area contributed by atoms with Crippen molar-refractivity contribution in [3.05, 3.63) is 56.7 Å². The van der Waals surface area contributed by atoms with E-state index in [2.05, 4.69) is 20.0 Å². The first-order valence-corrected chi connectivity index (χ1v) is 18.1. The number of halogens is 6. The molecule has 3 N–H and O–H groups in total. The van der Waals surface area contributed by atoms with E-state index < -0.39 is 46.7 Å². The maximum absolute atomic E-state index is 15.1. The van der Waals surface area contributed by atoms with Gasteiger partial charge in [0.1, 0.15) is 12.0 Å². The van der Waals surface area contributed by atoms with E-state index in [1.54, 1.807) is 11.6 Å². The van der Waals surface area contributed by atoms with Crippen molar-refractivity contribution in [2.24, 2.45) is 0 Å². The Bertz CT molecular complexity index is 1860. The first-order valence-electron chi connectivity index (χ1n) is 17.7. The number of hydrogen-bond donors (Lipinski definition) is 2. The van der Waals surface area contributed by atoms with Crippen LogP contribution in [0.4, 0.5) is 33.5 Å². The van der Waals surface area contributed by atoms with Crippen molar-refractivity contribution >= 4 is 29.0 Å². The van der Waals surface area contributed by atoms with Crippen LogP contribution in [0.5, 0.6) is 6.01 Å². The smallest absolute Gasteiger partial charge is 0.416 e. The SMILES string of the molecule is COc1nc2c(c(N3CCCn4nc(C(=O)N5CCC(C)(O)C5)c(Cl)c4C3)n1)COC(c1c(C(F)(F)F)ccc(N)c1F)C2.FC1CC2CCCN2C1. The highest BCUT2D eigenvalue weighted by Crippen LogP contribution is 2.43. The monoisotopic (exact) mass is 768 g/mol. The number of methoxy groups -OCH3 is 1. The van der Waals surface area contributed by atoms with Crippen molar-refractivity contribution < 1.29 is 41.3 Å². The second-order valence-corrected chi connectivity index (χ2v) is 15.0. The van der Waals surface area contributed by atoms with Gasteiger partial charge in [0.25, 0.3) is 5.91 Å². The number of aryl methyl sites for hydroxylation is 1. The Morgan fingerprint density at radius 2 is 1.96 bits per heavy atom. The summed E-state index contributed by atoms with van der Waals surface area (Å²) < 4.78 is 82.0. The molecule has 1 amide bonds. The van der Waals surface area contributed by atoms with E-state index in [9.17, 15) is 27.5 Å². The molecule has 4 unspecified atom stereocenters. The number of nitrogen functional groups attached to an aromatic ring is 1. The molecule has 288 valence electrons. The summed E-state index contributed by atoms with van der Waals surface area (Å²) in [7, 11) is 1.36. The van der Waals surface area contributed by atoms with Crippen LogP contribution in [0.15, 0.2) is 12.1 Å². The molecule has 18 heteroatoms. The number of carbonyl (C=O) groups is 1. The zero-order valence-corrected chi connectivity index (χ0v) is 30.2. The quantitative estimate of drug-likeness (QED) is 0.273. The van der Waals surface area contributed by atoms with Crippen LogP contribution in [0.25, 0.3) is 0 Å². The molecule has 5 aliphatic rings. The van der Waals surface area contributed by atoms with Crippen molar-refractivity contribution in [2.75, 3.05) is 50.5 Å². The van der Waals surface area contributed by atoms with Gasteiger partial charge in [0.2, 0.25) is 0 Å². The second-order valence-electron chi connectivity index (χ2n) is 14.6. The lowest BCUT2D eigenvalue weighted by atomic mass is 9.94. The molecule has 2 aromatic heterocycles. The van der Waals surface area contributed by atoms with Crippen LogP contribution in [0.1, 0.15) is 83.7 Å². The van der Waals surface area contributed by atoms with Crippen LogP contribution < -0.4 is 15.4 Å². The van der Waals surface area contributed by atoms with E-state index in [4.69, 9.17) is 26.8 Å². The standard InChI is InChI=1S/C28H30ClF4N7O4.C7H12FN/c1-27(42)6-9-39(13-27)25(41)23-21(29)18-11-38(7-3-8-40(18)37-23)24-14-12-44-19(10-17(14)35-26(36-24)43-2)20-15(28(31,32)33)4-5-16(34)22(20)30;8-6-4-7-2-1-3-9(7)5-6/h4-5,19,42H,3,6-13,34H2,1-2H3;6-7H,1-5H2. The molecule has 7 heterocycles. The van der Waals surface area contributed by atoms with Gasteiger partial charge in [-0.1, -0.05) is 11.6 Å². The number of fused-ring (bicyclic) bond motifs is 3. The molecule has 53 heavy (non-hydrogen) atoms. The van der Waals surface area contributed by atoms with Gasteiger partial charge in [0.05, 0.1) is 59.6 Å². The van der Waals surface area contributed by atoms with Gasteiger partial charge in [-0.3, -0.25) is 14.4 Å². The molecule has 0 saturated carbocycles. The van der Waals surface area contributed by atoms with Crippen LogP contribution in [-0.4, -0.2) is 98.2 Å². The maximum atomic E-state index is 15.1. The van der Waals surface area contributed by atoms with Crippen LogP contribution in [0, 0.1) is 5.82 Å². The average molecular weight is 769 g/mol. The second kappa shape index (κ2) is 14.5. The van der Waals surface area contributed by atoms with Gasteiger partial charge in [-0.15, -0.1) is 0 Å². The van der Waals surface area contributed by atoms with E-state index in [1.165, 1.54) is 24.9 Å². The zero-order valence-electron chi connectivity index (χ0n) is 29.4. The molecule has 4 atom stereocenters. The number of likely N-dealkylation sites (tertiary alicyclic amines) is 1. The van der Waals surface area contributed by atoms with E-state index in [-0.39, 0.29) is 48.8 Å². The van der Waals surface area contributed by atoms with Gasteiger partial charge in [0.15, 0.2) is 11.5 Å². The summed E-state index contributed by atoms with van der Waals surface area (Å²) in [6.45, 7) is 5.05. The Hall–Kier alpha value is -3.80. The summed E-state index contributed by atoms with van der Waals surface area (Å²) in [4.78, 5) is 27.9. The average Bonchev–Trinajstić information content (AvgIpc) is 3.84. The van der Waals surface area contributed by atoms with Crippen LogP contribution >= 0.6 is 11.6 Å². The predicted octanol–water partition coefficient (Wildman–Crippen LogP) is 5.09. The summed E-state index contributed by atoms with van der Waals surface area (Å²) in [6, 6.07) is 2.21. The Morgan fingerprint density at radius 1 is 1.17 bits per heavy atom. The number of amides is 1. The third-order valence-electron chi connectivity index (χ3n) is 10.7. The number of carbonyl (C=O) groups excluding carboxylic acids is 1. The van der Waals surface area contributed by atoms with E-state index in [1.807, 2.05) is 4.90 Å². The molecule has 8 rings (SSSR count). The lowest BCUT2D eigenvalue weighted by Crippen LogP contribution is -2.34. The van der Waals surface area contributed by atoms with Crippen LogP contribution in [-0.2, 0) is 37.0 Å². The lowest BCUT2D eigenvalue weighted by Gasteiger charge is -2.31. The van der Waals surface area contributed by atoms with Crippen molar-refractivity contribution in [1.82, 2.24) is 29.5 Å². The highest BCUT2D eigenvalue weighted by atomic mass is 35.5. The Kier molecular flexibility index (Phi) is 10.2. The predicted molar refractivity (Wildman–Crippen MR) is 184 cm³/mol. The summed E-state index contributed by atoms with van der Waals surface area (Å²) in [6.07, 6.45) is -2.46. The Morgan fingerprint density at radius 3 is 2.66 bits per heavy atom. The number of β-amino-alcohol motifs (C(OH)–C–C–N with tert-alkyl or cyclic N) is 1. The minimum Gasteiger partial charge on any atom is -0.467 e. The molecule has 0 aliphatic carbocycles. The van der Waals surface area contributed by atoms with Crippen molar-refractivity contribution in [3.63, 3.8) is 0 Å². The molecule has 1 aromatic carbocycles. The number of nitrogens with two attached hydrogens (primary N) is 1. The number of anilines is 2. The topological polar surface area (TPSA) is 135 Å². The fraction of sp³-hybridized carbons (Fsp3) is 0.600. The van der Waals surface area contributed by atoms with Gasteiger partial charge in [-0.2, -0.15) is 28.2 Å². The summed E-state index contributed by atoms with van der Waals surface area (Å²) in [5.41, 5.74) is 3.92. The summed E-state index contributed by atoms with van der Waals surface area (Å²) >= 11 is 6.74. The molecular formula is C35H42ClF5N8O4. The number of ether oxygens (including phenoxy) is 2. The lowest BCUT2D eigenvalue weighted by molar-refractivity contribution is -0.140. The third kappa shape index (κ3) is 7.49. The van der Waals surface area contributed by atoms with Gasteiger partial charge >= 0.3 is 12.2 Å². The summed E-state index contributed by atoms with van der Waals surface area (Å²) in [5, 5.41) is 15.0. The molecule has 12 nitrogen and oxygen atoms in total. The normalized spacial score (nSPS) is 25.7. The van der Waals surface area contributed by atoms with E-state index >= 15 is 4.39 Å². The number of aromatic nitrogens is 4. The molecule has 3 fully saturated rings. The molecule has 3 aromatic rings. The number of benzene rings is 1. The molecule has 5 aliphatic heterocycles. The zero-order chi connectivity index (χ0) is 37.8. The number of hydrogen-bond acceptors (Lipinski definition) is 10.